The van der Waals surface area contributed by atoms with Crippen molar-refractivity contribution in [1.29, 1.82) is 0 Å². The number of anilines is 3. The Morgan fingerprint density at radius 3 is 2.17 bits per heavy atom. The molecule has 0 amide bonds. The van der Waals surface area contributed by atoms with Crippen LogP contribution in [-0.4, -0.2) is 60.6 Å². The molecule has 0 atom stereocenters. The lowest BCUT2D eigenvalue weighted by Gasteiger charge is -2.15. The van der Waals surface area contributed by atoms with Crippen molar-refractivity contribution in [2.75, 3.05) is 51.7 Å². The molecule has 0 saturated heterocycles. The van der Waals surface area contributed by atoms with E-state index in [0.717, 1.165) is 33.1 Å². The molecule has 0 aliphatic heterocycles. The molecule has 2 aromatic heterocycles. The van der Waals surface area contributed by atoms with E-state index in [0.29, 0.717) is 49.6 Å². The molecule has 10 heteroatoms. The topological polar surface area (TPSA) is 127 Å². The molecular formula is C30H30N6O4. The summed E-state index contributed by atoms with van der Waals surface area (Å²) < 4.78 is 21.8. The van der Waals surface area contributed by atoms with Gasteiger partial charge in [-0.1, -0.05) is 24.1 Å². The first-order chi connectivity index (χ1) is 19.6. The molecule has 3 N–H and O–H groups in total. The summed E-state index contributed by atoms with van der Waals surface area (Å²) in [5.41, 5.74) is 8.84. The summed E-state index contributed by atoms with van der Waals surface area (Å²) in [6, 6.07) is 18.9. The Kier molecular flexibility index (Phi) is 9.99. The molecule has 5 rings (SSSR count). The van der Waals surface area contributed by atoms with Gasteiger partial charge in [-0.3, -0.25) is 0 Å². The average Bonchev–Trinajstić information content (AvgIpc) is 2.98. The number of rotatable bonds is 10. The highest BCUT2D eigenvalue weighted by Gasteiger charge is 2.13. The van der Waals surface area contributed by atoms with Crippen molar-refractivity contribution >= 4 is 39.1 Å². The molecule has 0 aliphatic rings. The van der Waals surface area contributed by atoms with Crippen LogP contribution < -0.4 is 20.5 Å². The van der Waals surface area contributed by atoms with Gasteiger partial charge in [0.05, 0.1) is 24.2 Å². The van der Waals surface area contributed by atoms with Crippen LogP contribution >= 0.6 is 0 Å². The number of fused-ring (bicyclic) bond motifs is 2. The predicted octanol–water partition coefficient (Wildman–Crippen LogP) is 4.62. The van der Waals surface area contributed by atoms with E-state index in [9.17, 15) is 0 Å². The van der Waals surface area contributed by atoms with Crippen LogP contribution in [0.25, 0.3) is 21.8 Å². The van der Waals surface area contributed by atoms with Crippen LogP contribution in [0.1, 0.15) is 5.56 Å². The highest BCUT2D eigenvalue weighted by atomic mass is 16.5. The molecule has 204 valence electrons. The van der Waals surface area contributed by atoms with Gasteiger partial charge in [-0.2, -0.15) is 0 Å². The van der Waals surface area contributed by atoms with Crippen LogP contribution in [0.2, 0.25) is 0 Å². The van der Waals surface area contributed by atoms with Crippen LogP contribution in [0.5, 0.6) is 11.5 Å². The minimum atomic E-state index is 0.392. The van der Waals surface area contributed by atoms with E-state index in [2.05, 4.69) is 31.2 Å². The van der Waals surface area contributed by atoms with Gasteiger partial charge in [0.25, 0.3) is 0 Å². The van der Waals surface area contributed by atoms with Crippen molar-refractivity contribution in [3.63, 3.8) is 0 Å². The van der Waals surface area contributed by atoms with Crippen molar-refractivity contribution in [2.24, 2.45) is 0 Å². The number of benzene rings is 3. The van der Waals surface area contributed by atoms with E-state index in [4.69, 9.17) is 31.1 Å². The smallest absolute Gasteiger partial charge is 0.163 e. The maximum atomic E-state index is 5.86. The fourth-order valence-corrected chi connectivity index (χ4v) is 3.71. The summed E-state index contributed by atoms with van der Waals surface area (Å²) in [6.07, 6.45) is 8.46. The molecule has 3 aromatic carbocycles. The molecule has 0 saturated carbocycles. The number of nitrogens with zero attached hydrogens (tertiary/aromatic N) is 4. The van der Waals surface area contributed by atoms with Gasteiger partial charge >= 0.3 is 0 Å². The van der Waals surface area contributed by atoms with Crippen molar-refractivity contribution in [1.82, 2.24) is 19.9 Å². The fraction of sp³-hybridized carbons (Fsp3) is 0.200. The van der Waals surface area contributed by atoms with Crippen LogP contribution in [0.3, 0.4) is 0 Å². The number of aromatic nitrogens is 4. The third-order valence-electron chi connectivity index (χ3n) is 5.66. The largest absolute Gasteiger partial charge is 0.487 e. The Labute approximate surface area is 232 Å². The Balaban J connectivity index is 0.000000278. The number of para-hydroxylation sites is 1. The molecule has 40 heavy (non-hydrogen) atoms. The Morgan fingerprint density at radius 1 is 0.750 bits per heavy atom. The molecule has 5 aromatic rings. The maximum absolute atomic E-state index is 5.86. The quantitative estimate of drug-likeness (QED) is 0.192. The second kappa shape index (κ2) is 14.2. The maximum Gasteiger partial charge on any atom is 0.163 e. The van der Waals surface area contributed by atoms with Crippen LogP contribution in [0.4, 0.5) is 17.3 Å². The fourth-order valence-electron chi connectivity index (χ4n) is 3.71. The van der Waals surface area contributed by atoms with Crippen molar-refractivity contribution in [3.05, 3.63) is 78.9 Å². The third-order valence-corrected chi connectivity index (χ3v) is 5.66. The lowest BCUT2D eigenvalue weighted by molar-refractivity contribution is 0.132. The number of methoxy groups -OCH3 is 2. The van der Waals surface area contributed by atoms with Gasteiger partial charge in [-0.15, -0.1) is 6.42 Å². The van der Waals surface area contributed by atoms with Gasteiger partial charge in [0.1, 0.15) is 37.5 Å². The summed E-state index contributed by atoms with van der Waals surface area (Å²) in [6.45, 7) is 1.73. The summed E-state index contributed by atoms with van der Waals surface area (Å²) in [5, 5.41) is 5.01. The summed E-state index contributed by atoms with van der Waals surface area (Å²) >= 11 is 0. The lowest BCUT2D eigenvalue weighted by Crippen LogP contribution is -2.09. The first-order valence-electron chi connectivity index (χ1n) is 12.4. The third kappa shape index (κ3) is 7.32. The molecule has 0 aliphatic carbocycles. The van der Waals surface area contributed by atoms with Gasteiger partial charge < -0.3 is 30.0 Å². The Bertz CT molecular complexity index is 1600. The SMILES string of the molecule is C#Cc1cccc(Nc2ncnc3cc(OCCOC)c(OCCOC)cc23)c1.Nc1ncnc2ccccc12. The van der Waals surface area contributed by atoms with E-state index in [1.807, 2.05) is 60.7 Å². The molecule has 0 unspecified atom stereocenters. The minimum absolute atomic E-state index is 0.392. The van der Waals surface area contributed by atoms with Crippen LogP contribution in [0, 0.1) is 12.3 Å². The zero-order valence-electron chi connectivity index (χ0n) is 22.3. The molecule has 10 nitrogen and oxygen atoms in total. The average molecular weight is 539 g/mol. The lowest BCUT2D eigenvalue weighted by atomic mass is 10.2. The number of nitrogen functional groups attached to an aromatic ring is 1. The van der Waals surface area contributed by atoms with Gasteiger partial charge in [-0.05, 0) is 36.4 Å². The summed E-state index contributed by atoms with van der Waals surface area (Å²) in [4.78, 5) is 16.7. The van der Waals surface area contributed by atoms with E-state index in [1.165, 1.54) is 12.7 Å². The zero-order valence-corrected chi connectivity index (χ0v) is 22.3. The van der Waals surface area contributed by atoms with Gasteiger partial charge in [-0.25, -0.2) is 19.9 Å². The van der Waals surface area contributed by atoms with Crippen molar-refractivity contribution in [2.45, 2.75) is 0 Å². The van der Waals surface area contributed by atoms with E-state index in [1.54, 1.807) is 14.2 Å². The number of nitrogens with two attached hydrogens (primary N) is 1. The van der Waals surface area contributed by atoms with E-state index < -0.39 is 0 Å². The number of terminal acetylenes is 1. The normalized spacial score (nSPS) is 10.4. The first-order valence-corrected chi connectivity index (χ1v) is 12.4. The van der Waals surface area contributed by atoms with Crippen molar-refractivity contribution in [3.8, 4) is 23.8 Å². The second-order valence-corrected chi connectivity index (χ2v) is 8.35. The standard InChI is InChI=1S/C22H23N3O4.C8H7N3/c1-4-16-6-5-7-17(12-16)25-22-18-13-20(28-10-8-26-2)21(29-11-9-27-3)14-19(18)23-15-24-22;9-8-6-3-1-2-4-7(6)10-5-11-8/h1,5-7,12-15H,8-11H2,2-3H3,(H,23,24,25);1-5H,(H2,9,10,11). The second-order valence-electron chi connectivity index (χ2n) is 8.35. The van der Waals surface area contributed by atoms with Crippen LogP contribution in [0.15, 0.2) is 73.3 Å². The highest BCUT2D eigenvalue weighted by molar-refractivity contribution is 5.93. The number of ether oxygens (including phenoxy) is 4. The zero-order chi connectivity index (χ0) is 28.2. The molecule has 0 radical (unpaired) electrons. The van der Waals surface area contributed by atoms with Crippen LogP contribution in [-0.2, 0) is 9.47 Å². The van der Waals surface area contributed by atoms with E-state index in [-0.39, 0.29) is 0 Å². The minimum Gasteiger partial charge on any atom is -0.487 e. The molecular weight excluding hydrogens is 508 g/mol. The van der Waals surface area contributed by atoms with Gasteiger partial charge in [0.2, 0.25) is 0 Å². The number of nitrogens with one attached hydrogen (secondary N) is 1. The van der Waals surface area contributed by atoms with Gasteiger partial charge in [0, 0.05) is 42.3 Å². The van der Waals surface area contributed by atoms with Crippen molar-refractivity contribution < 1.29 is 18.9 Å². The first kappa shape index (κ1) is 28.0. The predicted molar refractivity (Wildman–Crippen MR) is 156 cm³/mol. The highest BCUT2D eigenvalue weighted by Crippen LogP contribution is 2.35. The monoisotopic (exact) mass is 538 g/mol. The molecule has 0 fully saturated rings. The van der Waals surface area contributed by atoms with Gasteiger partial charge in [0.15, 0.2) is 11.5 Å². The molecule has 0 bridgehead atoms. The summed E-state index contributed by atoms with van der Waals surface area (Å²) in [7, 11) is 3.25. The summed E-state index contributed by atoms with van der Waals surface area (Å²) in [5.74, 6) is 4.98. The molecule has 0 spiro atoms. The Hall–Kier alpha value is -4.98. The number of hydrogen-bond acceptors (Lipinski definition) is 10. The van der Waals surface area contributed by atoms with E-state index >= 15 is 0 Å². The molecule has 2 heterocycles. The Morgan fingerprint density at radius 2 is 1.45 bits per heavy atom. The number of hydrogen-bond donors (Lipinski definition) is 2.